The lowest BCUT2D eigenvalue weighted by atomic mass is 10.1. The lowest BCUT2D eigenvalue weighted by molar-refractivity contribution is 0.198. The highest BCUT2D eigenvalue weighted by atomic mass is 16.3. The first-order chi connectivity index (χ1) is 12.2. The third-order valence-corrected chi connectivity index (χ3v) is 4.75. The van der Waals surface area contributed by atoms with Gasteiger partial charge in [-0.2, -0.15) is 5.10 Å². The first-order valence-corrected chi connectivity index (χ1v) is 8.91. The zero-order valence-electron chi connectivity index (χ0n) is 14.7. The topological polar surface area (TPSA) is 70.4 Å². The summed E-state index contributed by atoms with van der Waals surface area (Å²) >= 11 is 0. The molecule has 1 saturated heterocycles. The Bertz CT molecular complexity index is 699. The van der Waals surface area contributed by atoms with E-state index in [9.17, 15) is 4.79 Å². The van der Waals surface area contributed by atoms with Gasteiger partial charge in [-0.25, -0.2) is 9.48 Å². The van der Waals surface area contributed by atoms with Crippen molar-refractivity contribution in [2.45, 2.75) is 26.2 Å². The maximum absolute atomic E-state index is 12.1. The predicted molar refractivity (Wildman–Crippen MR) is 96.8 cm³/mol. The van der Waals surface area contributed by atoms with Crippen molar-refractivity contribution in [1.82, 2.24) is 20.0 Å². The number of aliphatic hydroxyl groups is 1. The second-order valence-electron chi connectivity index (χ2n) is 6.64. The van der Waals surface area contributed by atoms with Crippen molar-refractivity contribution in [2.24, 2.45) is 5.92 Å². The van der Waals surface area contributed by atoms with Gasteiger partial charge in [-0.05, 0) is 43.9 Å². The SMILES string of the molecule is Cc1nn(-c2ccccc2)cc1CCCNC(=O)N1CCC(CO)C1. The fraction of sp³-hybridized carbons (Fsp3) is 0.474. The van der Waals surface area contributed by atoms with Gasteiger partial charge in [0.25, 0.3) is 0 Å². The normalized spacial score (nSPS) is 17.0. The number of likely N-dealkylation sites (tertiary alicyclic amines) is 1. The number of nitrogens with one attached hydrogen (secondary N) is 1. The molecule has 2 heterocycles. The van der Waals surface area contributed by atoms with Crippen LogP contribution in [0.4, 0.5) is 4.79 Å². The Hall–Kier alpha value is -2.34. The molecule has 6 heteroatoms. The average molecular weight is 342 g/mol. The van der Waals surface area contributed by atoms with Crippen LogP contribution in [0.3, 0.4) is 0 Å². The van der Waals surface area contributed by atoms with Gasteiger partial charge in [0, 0.05) is 38.4 Å². The van der Waals surface area contributed by atoms with Gasteiger partial charge in [0.05, 0.1) is 11.4 Å². The van der Waals surface area contributed by atoms with Gasteiger partial charge in [0.15, 0.2) is 0 Å². The van der Waals surface area contributed by atoms with Gasteiger partial charge in [-0.1, -0.05) is 18.2 Å². The molecule has 3 rings (SSSR count). The largest absolute Gasteiger partial charge is 0.396 e. The van der Waals surface area contributed by atoms with E-state index in [1.807, 2.05) is 41.9 Å². The van der Waals surface area contributed by atoms with Crippen molar-refractivity contribution in [2.75, 3.05) is 26.2 Å². The highest BCUT2D eigenvalue weighted by molar-refractivity contribution is 5.74. The summed E-state index contributed by atoms with van der Waals surface area (Å²) in [5, 5.41) is 16.7. The van der Waals surface area contributed by atoms with Gasteiger partial charge in [0.1, 0.15) is 0 Å². The number of para-hydroxylation sites is 1. The highest BCUT2D eigenvalue weighted by Crippen LogP contribution is 2.15. The summed E-state index contributed by atoms with van der Waals surface area (Å²) < 4.78 is 1.91. The molecule has 0 saturated carbocycles. The van der Waals surface area contributed by atoms with Crippen LogP contribution in [0, 0.1) is 12.8 Å². The number of carbonyl (C=O) groups is 1. The lowest BCUT2D eigenvalue weighted by Gasteiger charge is -2.16. The smallest absolute Gasteiger partial charge is 0.317 e. The summed E-state index contributed by atoms with van der Waals surface area (Å²) in [5.41, 5.74) is 3.29. The van der Waals surface area contributed by atoms with E-state index in [4.69, 9.17) is 5.11 Å². The summed E-state index contributed by atoms with van der Waals surface area (Å²) in [6.45, 7) is 4.22. The average Bonchev–Trinajstić information content (AvgIpc) is 3.26. The third-order valence-electron chi connectivity index (χ3n) is 4.75. The van der Waals surface area contributed by atoms with Crippen LogP contribution in [0.2, 0.25) is 0 Å². The third kappa shape index (κ3) is 4.39. The molecule has 2 amide bonds. The second kappa shape index (κ2) is 8.16. The molecule has 0 bridgehead atoms. The van der Waals surface area contributed by atoms with Gasteiger partial charge in [-0.15, -0.1) is 0 Å². The number of urea groups is 1. The molecule has 1 fully saturated rings. The van der Waals surface area contributed by atoms with Crippen molar-refractivity contribution in [1.29, 1.82) is 0 Å². The number of aromatic nitrogens is 2. The Balaban J connectivity index is 1.45. The molecule has 1 unspecified atom stereocenters. The van der Waals surface area contributed by atoms with Gasteiger partial charge < -0.3 is 15.3 Å². The molecule has 0 radical (unpaired) electrons. The van der Waals surface area contributed by atoms with Crippen LogP contribution < -0.4 is 5.32 Å². The minimum atomic E-state index is -0.0207. The zero-order valence-corrected chi connectivity index (χ0v) is 14.7. The monoisotopic (exact) mass is 342 g/mol. The number of carbonyl (C=O) groups excluding carboxylic acids is 1. The van der Waals surface area contributed by atoms with Crippen LogP contribution in [0.25, 0.3) is 5.69 Å². The summed E-state index contributed by atoms with van der Waals surface area (Å²) in [6, 6.07) is 10.0. The Morgan fingerprint density at radius 1 is 1.36 bits per heavy atom. The van der Waals surface area contributed by atoms with Crippen molar-refractivity contribution in [3.63, 3.8) is 0 Å². The van der Waals surface area contributed by atoms with Crippen LogP contribution in [0.1, 0.15) is 24.1 Å². The van der Waals surface area contributed by atoms with Crippen LogP contribution in [-0.2, 0) is 6.42 Å². The summed E-state index contributed by atoms with van der Waals surface area (Å²) in [7, 11) is 0. The van der Waals surface area contributed by atoms with E-state index in [1.54, 1.807) is 4.90 Å². The van der Waals surface area contributed by atoms with E-state index in [0.717, 1.165) is 37.2 Å². The summed E-state index contributed by atoms with van der Waals surface area (Å²) in [6.07, 6.45) is 4.73. The number of benzene rings is 1. The Labute approximate surface area is 148 Å². The van der Waals surface area contributed by atoms with Crippen molar-refractivity contribution in [3.8, 4) is 5.69 Å². The van der Waals surface area contributed by atoms with Crippen LogP contribution >= 0.6 is 0 Å². The molecular weight excluding hydrogens is 316 g/mol. The number of aliphatic hydroxyl groups excluding tert-OH is 1. The van der Waals surface area contributed by atoms with Crippen molar-refractivity contribution in [3.05, 3.63) is 47.8 Å². The van der Waals surface area contributed by atoms with Crippen molar-refractivity contribution < 1.29 is 9.90 Å². The number of aryl methyl sites for hydroxylation is 2. The molecule has 0 aliphatic carbocycles. The molecule has 6 nitrogen and oxygen atoms in total. The first-order valence-electron chi connectivity index (χ1n) is 8.91. The Morgan fingerprint density at radius 3 is 2.88 bits per heavy atom. The maximum atomic E-state index is 12.1. The first kappa shape index (κ1) is 17.5. The van der Waals surface area contributed by atoms with Crippen LogP contribution in [-0.4, -0.2) is 52.1 Å². The number of rotatable bonds is 6. The van der Waals surface area contributed by atoms with Gasteiger partial charge in [0.2, 0.25) is 0 Å². The molecule has 2 N–H and O–H groups in total. The molecule has 1 aromatic heterocycles. The van der Waals surface area contributed by atoms with E-state index in [0.29, 0.717) is 13.1 Å². The van der Waals surface area contributed by atoms with Gasteiger partial charge >= 0.3 is 6.03 Å². The number of amides is 2. The van der Waals surface area contributed by atoms with E-state index < -0.39 is 0 Å². The summed E-state index contributed by atoms with van der Waals surface area (Å²) in [5.74, 6) is 0.234. The van der Waals surface area contributed by atoms with Gasteiger partial charge in [-0.3, -0.25) is 0 Å². The second-order valence-corrected chi connectivity index (χ2v) is 6.64. The zero-order chi connectivity index (χ0) is 17.6. The molecule has 1 aliphatic rings. The van der Waals surface area contributed by atoms with E-state index in [2.05, 4.69) is 16.6 Å². The molecule has 0 spiro atoms. The lowest BCUT2D eigenvalue weighted by Crippen LogP contribution is -2.39. The van der Waals surface area contributed by atoms with Crippen LogP contribution in [0.15, 0.2) is 36.5 Å². The highest BCUT2D eigenvalue weighted by Gasteiger charge is 2.25. The molecule has 2 aromatic rings. The van der Waals surface area contributed by atoms with Crippen LogP contribution in [0.5, 0.6) is 0 Å². The molecule has 1 atom stereocenters. The molecule has 25 heavy (non-hydrogen) atoms. The quantitative estimate of drug-likeness (QED) is 0.790. The summed E-state index contributed by atoms with van der Waals surface area (Å²) in [4.78, 5) is 13.9. The Kier molecular flexibility index (Phi) is 5.71. The number of hydrogen-bond acceptors (Lipinski definition) is 3. The molecule has 1 aliphatic heterocycles. The minimum Gasteiger partial charge on any atom is -0.396 e. The standard InChI is InChI=1S/C19H26N4O2/c1-15-17(13-23(21-15)18-7-3-2-4-8-18)6-5-10-20-19(25)22-11-9-16(12-22)14-24/h2-4,7-8,13,16,24H,5-6,9-12,14H2,1H3,(H,20,25). The predicted octanol–water partition coefficient (Wildman–Crippen LogP) is 2.14. The molecular formula is C19H26N4O2. The number of nitrogens with zero attached hydrogens (tertiary/aromatic N) is 3. The molecule has 1 aromatic carbocycles. The number of hydrogen-bond donors (Lipinski definition) is 2. The molecule has 134 valence electrons. The fourth-order valence-electron chi connectivity index (χ4n) is 3.21. The Morgan fingerprint density at radius 2 is 2.16 bits per heavy atom. The van der Waals surface area contributed by atoms with E-state index in [1.165, 1.54) is 5.56 Å². The minimum absolute atomic E-state index is 0.0207. The van der Waals surface area contributed by atoms with Crippen molar-refractivity contribution >= 4 is 6.03 Å². The fourth-order valence-corrected chi connectivity index (χ4v) is 3.21. The van der Waals surface area contributed by atoms with E-state index in [-0.39, 0.29) is 18.6 Å². The maximum Gasteiger partial charge on any atom is 0.317 e. The van der Waals surface area contributed by atoms with E-state index >= 15 is 0 Å².